The highest BCUT2D eigenvalue weighted by Gasteiger charge is 2.01. The lowest BCUT2D eigenvalue weighted by molar-refractivity contribution is 0.683. The number of aromatic nitrogens is 2. The van der Waals surface area contributed by atoms with E-state index in [1.807, 2.05) is 13.0 Å². The number of unbranched alkanes of at least 4 members (excludes halogenated alkanes) is 6. The van der Waals surface area contributed by atoms with Gasteiger partial charge >= 0.3 is 0 Å². The molecule has 21 heavy (non-hydrogen) atoms. The Hall–Kier alpha value is -1.32. The van der Waals surface area contributed by atoms with Gasteiger partial charge in [-0.05, 0) is 19.8 Å². The first-order chi connectivity index (χ1) is 10.3. The van der Waals surface area contributed by atoms with Gasteiger partial charge in [-0.2, -0.15) is 0 Å². The van der Waals surface area contributed by atoms with Gasteiger partial charge in [0.25, 0.3) is 0 Å². The molecule has 0 unspecified atom stereocenters. The largest absolute Gasteiger partial charge is 0.370 e. The van der Waals surface area contributed by atoms with E-state index in [1.165, 1.54) is 51.4 Å². The van der Waals surface area contributed by atoms with Gasteiger partial charge in [-0.25, -0.2) is 9.97 Å². The minimum Gasteiger partial charge on any atom is -0.370 e. The van der Waals surface area contributed by atoms with E-state index in [4.69, 9.17) is 0 Å². The number of hydrogen-bond acceptors (Lipinski definition) is 4. The molecule has 1 rings (SSSR count). The van der Waals surface area contributed by atoms with Gasteiger partial charge in [-0.3, -0.25) is 0 Å². The van der Waals surface area contributed by atoms with E-state index in [0.29, 0.717) is 0 Å². The van der Waals surface area contributed by atoms with Crippen molar-refractivity contribution < 1.29 is 0 Å². The summed E-state index contributed by atoms with van der Waals surface area (Å²) in [5.74, 6) is 2.70. The Morgan fingerprint density at radius 3 is 1.67 bits per heavy atom. The highest BCUT2D eigenvalue weighted by molar-refractivity contribution is 5.47. The second-order valence-corrected chi connectivity index (χ2v) is 5.66. The molecule has 0 amide bonds. The monoisotopic (exact) mass is 292 g/mol. The lowest BCUT2D eigenvalue weighted by Gasteiger charge is -2.10. The summed E-state index contributed by atoms with van der Waals surface area (Å²) in [7, 11) is 0. The molecule has 4 heteroatoms. The second kappa shape index (κ2) is 11.4. The fourth-order valence-corrected chi connectivity index (χ4v) is 2.29. The van der Waals surface area contributed by atoms with Crippen LogP contribution in [0.4, 0.5) is 11.6 Å². The summed E-state index contributed by atoms with van der Waals surface area (Å²) in [5.41, 5.74) is 0. The molecule has 2 N–H and O–H groups in total. The first-order valence-electron chi connectivity index (χ1n) is 8.59. The Morgan fingerprint density at radius 2 is 1.24 bits per heavy atom. The standard InChI is InChI=1S/C17H32N4/c1-4-6-8-10-12-18-16-14-17(21-15(3)20-16)19-13-11-9-7-5-2/h14H,4-13H2,1-3H3,(H2,18,19,20,21). The zero-order valence-electron chi connectivity index (χ0n) is 14.0. The Labute approximate surface area is 130 Å². The predicted molar refractivity (Wildman–Crippen MR) is 92.0 cm³/mol. The van der Waals surface area contributed by atoms with E-state index < -0.39 is 0 Å². The lowest BCUT2D eigenvalue weighted by Crippen LogP contribution is -2.08. The van der Waals surface area contributed by atoms with Gasteiger partial charge < -0.3 is 10.6 Å². The highest BCUT2D eigenvalue weighted by Crippen LogP contribution is 2.12. The summed E-state index contributed by atoms with van der Waals surface area (Å²) in [6.07, 6.45) is 10.2. The van der Waals surface area contributed by atoms with Crippen molar-refractivity contribution in [3.05, 3.63) is 11.9 Å². The van der Waals surface area contributed by atoms with Crippen molar-refractivity contribution in [1.82, 2.24) is 9.97 Å². The molecule has 0 aromatic carbocycles. The zero-order chi connectivity index (χ0) is 15.3. The van der Waals surface area contributed by atoms with Crippen LogP contribution in [0.2, 0.25) is 0 Å². The maximum Gasteiger partial charge on any atom is 0.131 e. The highest BCUT2D eigenvalue weighted by atomic mass is 15.1. The maximum absolute atomic E-state index is 4.45. The van der Waals surface area contributed by atoms with Gasteiger partial charge in [0, 0.05) is 19.2 Å². The van der Waals surface area contributed by atoms with Crippen LogP contribution in [0.5, 0.6) is 0 Å². The fraction of sp³-hybridized carbons (Fsp3) is 0.765. The Kier molecular flexibility index (Phi) is 9.58. The quantitative estimate of drug-likeness (QED) is 0.545. The topological polar surface area (TPSA) is 49.8 Å². The summed E-state index contributed by atoms with van der Waals surface area (Å²) in [4.78, 5) is 8.89. The van der Waals surface area contributed by atoms with Crippen LogP contribution in [0.25, 0.3) is 0 Å². The van der Waals surface area contributed by atoms with Crippen molar-refractivity contribution in [1.29, 1.82) is 0 Å². The van der Waals surface area contributed by atoms with Gasteiger partial charge in [0.15, 0.2) is 0 Å². The van der Waals surface area contributed by atoms with Crippen LogP contribution in [0.15, 0.2) is 6.07 Å². The minimum absolute atomic E-state index is 0.824. The molecule has 1 aromatic heterocycles. The predicted octanol–water partition coefficient (Wildman–Crippen LogP) is 4.77. The van der Waals surface area contributed by atoms with Crippen molar-refractivity contribution in [3.8, 4) is 0 Å². The number of aryl methyl sites for hydroxylation is 1. The van der Waals surface area contributed by atoms with Crippen LogP contribution in [0, 0.1) is 6.92 Å². The molecule has 0 saturated heterocycles. The van der Waals surface area contributed by atoms with Crippen molar-refractivity contribution in [2.24, 2.45) is 0 Å². The number of rotatable bonds is 12. The molecular weight excluding hydrogens is 260 g/mol. The lowest BCUT2D eigenvalue weighted by atomic mass is 10.2. The van der Waals surface area contributed by atoms with Crippen LogP contribution in [0.3, 0.4) is 0 Å². The number of anilines is 2. The van der Waals surface area contributed by atoms with Crippen LogP contribution < -0.4 is 10.6 Å². The van der Waals surface area contributed by atoms with Crippen molar-refractivity contribution >= 4 is 11.6 Å². The van der Waals surface area contributed by atoms with Crippen LogP contribution in [-0.4, -0.2) is 23.1 Å². The molecule has 0 saturated carbocycles. The molecule has 0 radical (unpaired) electrons. The van der Waals surface area contributed by atoms with Gasteiger partial charge in [0.1, 0.15) is 17.5 Å². The van der Waals surface area contributed by atoms with E-state index >= 15 is 0 Å². The molecular formula is C17H32N4. The van der Waals surface area contributed by atoms with Gasteiger partial charge in [-0.1, -0.05) is 52.4 Å². The molecule has 1 aromatic rings. The van der Waals surface area contributed by atoms with E-state index in [-0.39, 0.29) is 0 Å². The molecule has 0 aliphatic heterocycles. The Balaban J connectivity index is 2.32. The van der Waals surface area contributed by atoms with Crippen LogP contribution in [0.1, 0.15) is 71.0 Å². The Bertz CT molecular complexity index is 347. The Morgan fingerprint density at radius 1 is 0.762 bits per heavy atom. The number of nitrogens with one attached hydrogen (secondary N) is 2. The normalized spacial score (nSPS) is 10.6. The van der Waals surface area contributed by atoms with Crippen LogP contribution in [-0.2, 0) is 0 Å². The molecule has 0 atom stereocenters. The molecule has 1 heterocycles. The summed E-state index contributed by atoms with van der Waals surface area (Å²) >= 11 is 0. The molecule has 0 aliphatic rings. The average molecular weight is 292 g/mol. The molecule has 4 nitrogen and oxygen atoms in total. The summed E-state index contributed by atoms with van der Waals surface area (Å²) in [5, 5.41) is 6.81. The molecule has 0 spiro atoms. The average Bonchev–Trinajstić information content (AvgIpc) is 2.46. The first-order valence-corrected chi connectivity index (χ1v) is 8.59. The third kappa shape index (κ3) is 8.53. The third-order valence-electron chi connectivity index (χ3n) is 3.51. The third-order valence-corrected chi connectivity index (χ3v) is 3.51. The van der Waals surface area contributed by atoms with E-state index in [9.17, 15) is 0 Å². The smallest absolute Gasteiger partial charge is 0.131 e. The summed E-state index contributed by atoms with van der Waals surface area (Å²) < 4.78 is 0. The molecule has 0 fully saturated rings. The molecule has 120 valence electrons. The minimum atomic E-state index is 0.824. The molecule has 0 bridgehead atoms. The van der Waals surface area contributed by atoms with Crippen molar-refractivity contribution in [2.45, 2.75) is 72.1 Å². The van der Waals surface area contributed by atoms with E-state index in [0.717, 1.165) is 30.5 Å². The number of hydrogen-bond donors (Lipinski definition) is 2. The van der Waals surface area contributed by atoms with Gasteiger partial charge in [0.2, 0.25) is 0 Å². The SMILES string of the molecule is CCCCCCNc1cc(NCCCCCC)nc(C)n1. The summed E-state index contributed by atoms with van der Waals surface area (Å²) in [6.45, 7) is 8.41. The van der Waals surface area contributed by atoms with Crippen molar-refractivity contribution in [2.75, 3.05) is 23.7 Å². The second-order valence-electron chi connectivity index (χ2n) is 5.66. The van der Waals surface area contributed by atoms with Crippen molar-refractivity contribution in [3.63, 3.8) is 0 Å². The van der Waals surface area contributed by atoms with E-state index in [1.54, 1.807) is 0 Å². The van der Waals surface area contributed by atoms with Gasteiger partial charge in [-0.15, -0.1) is 0 Å². The maximum atomic E-state index is 4.45. The fourth-order valence-electron chi connectivity index (χ4n) is 2.29. The zero-order valence-corrected chi connectivity index (χ0v) is 14.0. The van der Waals surface area contributed by atoms with Gasteiger partial charge in [0.05, 0.1) is 0 Å². The summed E-state index contributed by atoms with van der Waals surface area (Å²) in [6, 6.07) is 2.02. The van der Waals surface area contributed by atoms with E-state index in [2.05, 4.69) is 34.4 Å². The molecule has 0 aliphatic carbocycles. The number of nitrogens with zero attached hydrogens (tertiary/aromatic N) is 2. The first kappa shape index (κ1) is 17.7. The van der Waals surface area contributed by atoms with Crippen LogP contribution >= 0.6 is 0 Å².